The van der Waals surface area contributed by atoms with Crippen molar-refractivity contribution in [2.45, 2.75) is 13.0 Å². The van der Waals surface area contributed by atoms with Gasteiger partial charge in [0.25, 0.3) is 0 Å². The molecule has 0 amide bonds. The van der Waals surface area contributed by atoms with Crippen LogP contribution in [0.4, 0.5) is 0 Å². The Morgan fingerprint density at radius 2 is 2.32 bits per heavy atom. The van der Waals surface area contributed by atoms with Gasteiger partial charge in [0.05, 0.1) is 0 Å². The molecule has 0 spiro atoms. The zero-order valence-electron chi connectivity index (χ0n) is 10.4. The van der Waals surface area contributed by atoms with Gasteiger partial charge in [-0.15, -0.1) is 10.2 Å². The number of benzene rings is 1. The fourth-order valence-corrected chi connectivity index (χ4v) is 2.51. The minimum atomic E-state index is 0.691. The van der Waals surface area contributed by atoms with Crippen LogP contribution >= 0.6 is 11.6 Å². The Hall–Kier alpha value is -1.72. The summed E-state index contributed by atoms with van der Waals surface area (Å²) < 4.78 is 0. The van der Waals surface area contributed by atoms with E-state index in [9.17, 15) is 0 Å². The number of nitrogens with one attached hydrogen (secondary N) is 1. The molecule has 1 aromatic heterocycles. The number of rotatable bonds is 3. The van der Waals surface area contributed by atoms with Crippen LogP contribution in [0.3, 0.4) is 0 Å². The lowest BCUT2D eigenvalue weighted by Crippen LogP contribution is -2.29. The fourth-order valence-electron chi connectivity index (χ4n) is 2.29. The van der Waals surface area contributed by atoms with Crippen molar-refractivity contribution in [1.29, 1.82) is 0 Å². The minimum absolute atomic E-state index is 0.691. The van der Waals surface area contributed by atoms with Crippen molar-refractivity contribution in [1.82, 2.24) is 25.5 Å². The number of nitrogens with zero attached hydrogens (tertiary/aromatic N) is 4. The first-order valence-electron chi connectivity index (χ1n) is 6.21. The van der Waals surface area contributed by atoms with Gasteiger partial charge in [0.1, 0.15) is 0 Å². The van der Waals surface area contributed by atoms with E-state index in [1.54, 1.807) is 0 Å². The predicted molar refractivity (Wildman–Crippen MR) is 73.5 cm³/mol. The topological polar surface area (TPSA) is 57.7 Å². The van der Waals surface area contributed by atoms with E-state index in [1.807, 2.05) is 18.2 Å². The van der Waals surface area contributed by atoms with Crippen molar-refractivity contribution in [2.75, 3.05) is 13.1 Å². The number of tetrazole rings is 1. The summed E-state index contributed by atoms with van der Waals surface area (Å²) in [5.74, 6) is 0.691. The summed E-state index contributed by atoms with van der Waals surface area (Å²) in [5.41, 5.74) is 2.35. The first-order chi connectivity index (χ1) is 9.31. The summed E-state index contributed by atoms with van der Waals surface area (Å²) in [5, 5.41) is 14.9. The van der Waals surface area contributed by atoms with Gasteiger partial charge in [-0.3, -0.25) is 4.90 Å². The van der Waals surface area contributed by atoms with Crippen LogP contribution in [-0.4, -0.2) is 38.6 Å². The Bertz CT molecular complexity index is 578. The van der Waals surface area contributed by atoms with Crippen molar-refractivity contribution in [2.24, 2.45) is 0 Å². The van der Waals surface area contributed by atoms with Crippen molar-refractivity contribution in [3.05, 3.63) is 46.8 Å². The summed E-state index contributed by atoms with van der Waals surface area (Å²) in [6, 6.07) is 7.98. The molecule has 1 aliphatic heterocycles. The van der Waals surface area contributed by atoms with Crippen molar-refractivity contribution >= 4 is 17.2 Å². The van der Waals surface area contributed by atoms with Crippen LogP contribution < -0.4 is 0 Å². The fraction of sp³-hybridized carbons (Fsp3) is 0.308. The second kappa shape index (κ2) is 5.50. The Morgan fingerprint density at radius 1 is 1.37 bits per heavy atom. The van der Waals surface area contributed by atoms with Crippen LogP contribution in [0.1, 0.15) is 17.8 Å². The highest BCUT2D eigenvalue weighted by molar-refractivity contribution is 6.30. The number of H-pyrrole nitrogens is 1. The maximum absolute atomic E-state index is 6.01. The molecule has 1 N–H and O–H groups in total. The van der Waals surface area contributed by atoms with E-state index in [4.69, 9.17) is 11.6 Å². The lowest BCUT2D eigenvalue weighted by atomic mass is 10.1. The molecule has 19 heavy (non-hydrogen) atoms. The molecular weight excluding hydrogens is 262 g/mol. The standard InChI is InChI=1S/C13H14ClN5/c14-12-5-1-3-10(7-12)8-19-6-2-4-11(9-19)13-15-17-18-16-13/h1,3-5,7H,2,6,8-9H2,(H,15,16,17,18). The van der Waals surface area contributed by atoms with Gasteiger partial charge in [-0.2, -0.15) is 5.21 Å². The van der Waals surface area contributed by atoms with Gasteiger partial charge in [0.2, 0.25) is 5.82 Å². The number of aromatic nitrogens is 4. The van der Waals surface area contributed by atoms with E-state index in [0.29, 0.717) is 5.82 Å². The number of hydrogen-bond donors (Lipinski definition) is 1. The average molecular weight is 276 g/mol. The highest BCUT2D eigenvalue weighted by Gasteiger charge is 2.16. The SMILES string of the molecule is Clc1cccc(CN2CCC=C(c3nn[nH]n3)C2)c1. The molecule has 2 aromatic rings. The van der Waals surface area contributed by atoms with Gasteiger partial charge in [-0.25, -0.2) is 0 Å². The zero-order chi connectivity index (χ0) is 13.1. The Labute approximate surface area is 116 Å². The molecule has 0 radical (unpaired) electrons. The van der Waals surface area contributed by atoms with Crippen molar-refractivity contribution < 1.29 is 0 Å². The van der Waals surface area contributed by atoms with Gasteiger partial charge in [0.15, 0.2) is 0 Å². The summed E-state index contributed by atoms with van der Waals surface area (Å²) in [4.78, 5) is 2.36. The second-order valence-corrected chi connectivity index (χ2v) is 5.03. The normalized spacial score (nSPS) is 16.4. The number of halogens is 1. The zero-order valence-corrected chi connectivity index (χ0v) is 11.1. The van der Waals surface area contributed by atoms with Crippen molar-refractivity contribution in [3.63, 3.8) is 0 Å². The molecule has 0 saturated heterocycles. The molecule has 3 rings (SSSR count). The molecule has 2 heterocycles. The Morgan fingerprint density at radius 3 is 3.11 bits per heavy atom. The largest absolute Gasteiger partial charge is 0.294 e. The highest BCUT2D eigenvalue weighted by atomic mass is 35.5. The Balaban J connectivity index is 1.69. The lowest BCUT2D eigenvalue weighted by molar-refractivity contribution is 0.296. The first kappa shape index (κ1) is 12.3. The van der Waals surface area contributed by atoms with Crippen LogP contribution in [0.15, 0.2) is 30.3 Å². The smallest absolute Gasteiger partial charge is 0.201 e. The number of aromatic amines is 1. The summed E-state index contributed by atoms with van der Waals surface area (Å²) in [6.07, 6.45) is 3.18. The second-order valence-electron chi connectivity index (χ2n) is 4.59. The maximum Gasteiger partial charge on any atom is 0.201 e. The van der Waals surface area contributed by atoms with Crippen LogP contribution in [0.5, 0.6) is 0 Å². The minimum Gasteiger partial charge on any atom is -0.294 e. The molecule has 0 unspecified atom stereocenters. The van der Waals surface area contributed by atoms with Crippen molar-refractivity contribution in [3.8, 4) is 0 Å². The van der Waals surface area contributed by atoms with Crippen LogP contribution in [-0.2, 0) is 6.54 Å². The quantitative estimate of drug-likeness (QED) is 0.932. The van der Waals surface area contributed by atoms with E-state index in [2.05, 4.69) is 37.7 Å². The van der Waals surface area contributed by atoms with E-state index in [1.165, 1.54) is 5.56 Å². The van der Waals surface area contributed by atoms with Crippen LogP contribution in [0, 0.1) is 0 Å². The summed E-state index contributed by atoms with van der Waals surface area (Å²) in [7, 11) is 0. The van der Waals surface area contributed by atoms with E-state index in [0.717, 1.165) is 36.7 Å². The molecule has 0 saturated carbocycles. The third-order valence-corrected chi connectivity index (χ3v) is 3.39. The Kier molecular flexibility index (Phi) is 3.57. The predicted octanol–water partition coefficient (Wildman–Crippen LogP) is 2.14. The van der Waals surface area contributed by atoms with Gasteiger partial charge in [-0.05, 0) is 29.3 Å². The van der Waals surface area contributed by atoms with Gasteiger partial charge in [-0.1, -0.05) is 29.8 Å². The third kappa shape index (κ3) is 3.00. The van der Waals surface area contributed by atoms with Crippen LogP contribution in [0.25, 0.3) is 5.57 Å². The molecule has 0 bridgehead atoms. The van der Waals surface area contributed by atoms with E-state index >= 15 is 0 Å². The van der Waals surface area contributed by atoms with Gasteiger partial charge in [0, 0.05) is 30.2 Å². The highest BCUT2D eigenvalue weighted by Crippen LogP contribution is 2.19. The van der Waals surface area contributed by atoms with E-state index < -0.39 is 0 Å². The molecule has 0 fully saturated rings. The first-order valence-corrected chi connectivity index (χ1v) is 6.59. The molecule has 6 heteroatoms. The average Bonchev–Trinajstić information content (AvgIpc) is 2.93. The van der Waals surface area contributed by atoms with Crippen LogP contribution in [0.2, 0.25) is 5.02 Å². The molecule has 1 aromatic carbocycles. The number of hydrogen-bond acceptors (Lipinski definition) is 4. The monoisotopic (exact) mass is 275 g/mol. The molecule has 98 valence electrons. The summed E-state index contributed by atoms with van der Waals surface area (Å²) in [6.45, 7) is 2.76. The molecule has 0 aliphatic carbocycles. The molecule has 0 atom stereocenters. The summed E-state index contributed by atoms with van der Waals surface area (Å²) >= 11 is 6.01. The lowest BCUT2D eigenvalue weighted by Gasteiger charge is -2.26. The van der Waals surface area contributed by atoms with E-state index in [-0.39, 0.29) is 0 Å². The third-order valence-electron chi connectivity index (χ3n) is 3.16. The molecular formula is C13H14ClN5. The maximum atomic E-state index is 6.01. The molecule has 1 aliphatic rings. The van der Waals surface area contributed by atoms with Gasteiger partial charge >= 0.3 is 0 Å². The molecule has 5 nitrogen and oxygen atoms in total. The van der Waals surface area contributed by atoms with Gasteiger partial charge < -0.3 is 0 Å².